The van der Waals surface area contributed by atoms with E-state index >= 15 is 0 Å². The molecule has 1 heteroatoms. The summed E-state index contributed by atoms with van der Waals surface area (Å²) in [6, 6.07) is 9.42. The summed E-state index contributed by atoms with van der Waals surface area (Å²) in [6.07, 6.45) is 5.43. The van der Waals surface area contributed by atoms with E-state index in [0.717, 1.165) is 12.5 Å². The molecule has 1 aliphatic carbocycles. The Labute approximate surface area is 125 Å². The van der Waals surface area contributed by atoms with Gasteiger partial charge in [0.1, 0.15) is 0 Å². The Balaban J connectivity index is 2.15. The van der Waals surface area contributed by atoms with Crippen LogP contribution in [0.3, 0.4) is 0 Å². The second kappa shape index (κ2) is 5.89. The van der Waals surface area contributed by atoms with Crippen LogP contribution in [0.25, 0.3) is 0 Å². The Morgan fingerprint density at radius 3 is 2.20 bits per heavy atom. The van der Waals surface area contributed by atoms with E-state index in [2.05, 4.69) is 64.3 Å². The van der Waals surface area contributed by atoms with Crippen LogP contribution in [0.2, 0.25) is 0 Å². The largest absolute Gasteiger partial charge is 0.319 e. The zero-order chi connectivity index (χ0) is 14.8. The zero-order valence-corrected chi connectivity index (χ0v) is 13.9. The van der Waals surface area contributed by atoms with Gasteiger partial charge in [-0.05, 0) is 42.3 Å². The second-order valence-electron chi connectivity index (χ2n) is 7.70. The standard InChI is InChI=1S/C19H31N/c1-6-7-15-12-19(13-15,14-20-5)17-10-8-16(9-11-17)18(2,3)4/h8-11,15,20H,6-7,12-14H2,1-5H3. The summed E-state index contributed by atoms with van der Waals surface area (Å²) in [5.74, 6) is 0.940. The lowest BCUT2D eigenvalue weighted by molar-refractivity contribution is 0.131. The van der Waals surface area contributed by atoms with Crippen molar-refractivity contribution in [1.82, 2.24) is 5.32 Å². The summed E-state index contributed by atoms with van der Waals surface area (Å²) in [7, 11) is 2.08. The minimum atomic E-state index is 0.249. The maximum atomic E-state index is 3.42. The molecular formula is C19H31N. The maximum absolute atomic E-state index is 3.42. The van der Waals surface area contributed by atoms with Crippen molar-refractivity contribution in [2.75, 3.05) is 13.6 Å². The molecule has 1 saturated carbocycles. The van der Waals surface area contributed by atoms with Crippen LogP contribution in [-0.2, 0) is 10.8 Å². The number of hydrogen-bond acceptors (Lipinski definition) is 1. The third-order valence-corrected chi connectivity index (χ3v) is 4.93. The molecule has 0 atom stereocenters. The lowest BCUT2D eigenvalue weighted by Gasteiger charge is -2.49. The van der Waals surface area contributed by atoms with Crippen LogP contribution < -0.4 is 5.32 Å². The van der Waals surface area contributed by atoms with Crippen molar-refractivity contribution in [3.63, 3.8) is 0 Å². The third-order valence-electron chi connectivity index (χ3n) is 4.93. The summed E-state index contributed by atoms with van der Waals surface area (Å²) in [6.45, 7) is 10.3. The van der Waals surface area contributed by atoms with Crippen LogP contribution >= 0.6 is 0 Å². The molecule has 0 bridgehead atoms. The van der Waals surface area contributed by atoms with E-state index in [0.29, 0.717) is 5.41 Å². The van der Waals surface area contributed by atoms with Gasteiger partial charge in [0.2, 0.25) is 0 Å². The van der Waals surface area contributed by atoms with Gasteiger partial charge in [-0.2, -0.15) is 0 Å². The minimum absolute atomic E-state index is 0.249. The SMILES string of the molecule is CCCC1CC(CNC)(c2ccc(C(C)(C)C)cc2)C1. The van der Waals surface area contributed by atoms with E-state index in [9.17, 15) is 0 Å². The van der Waals surface area contributed by atoms with Crippen LogP contribution in [0, 0.1) is 5.92 Å². The van der Waals surface area contributed by atoms with Gasteiger partial charge in [-0.3, -0.25) is 0 Å². The average molecular weight is 273 g/mol. The highest BCUT2D eigenvalue weighted by atomic mass is 14.8. The Morgan fingerprint density at radius 1 is 1.15 bits per heavy atom. The van der Waals surface area contributed by atoms with E-state index in [-0.39, 0.29) is 5.41 Å². The van der Waals surface area contributed by atoms with Gasteiger partial charge in [0.05, 0.1) is 0 Å². The highest BCUT2D eigenvalue weighted by Gasteiger charge is 2.44. The van der Waals surface area contributed by atoms with Gasteiger partial charge in [0.15, 0.2) is 0 Å². The highest BCUT2D eigenvalue weighted by molar-refractivity contribution is 5.34. The second-order valence-corrected chi connectivity index (χ2v) is 7.70. The van der Waals surface area contributed by atoms with Crippen LogP contribution in [0.15, 0.2) is 24.3 Å². The molecule has 0 radical (unpaired) electrons. The Kier molecular flexibility index (Phi) is 4.59. The van der Waals surface area contributed by atoms with Crippen molar-refractivity contribution >= 4 is 0 Å². The molecule has 1 nitrogen and oxygen atoms in total. The molecule has 0 amide bonds. The van der Waals surface area contributed by atoms with Gasteiger partial charge >= 0.3 is 0 Å². The van der Waals surface area contributed by atoms with Crippen molar-refractivity contribution < 1.29 is 0 Å². The fourth-order valence-electron chi connectivity index (χ4n) is 3.80. The minimum Gasteiger partial charge on any atom is -0.319 e. The molecule has 0 heterocycles. The van der Waals surface area contributed by atoms with Crippen molar-refractivity contribution in [3.8, 4) is 0 Å². The smallest absolute Gasteiger partial charge is 0.00829 e. The molecule has 20 heavy (non-hydrogen) atoms. The van der Waals surface area contributed by atoms with Crippen LogP contribution in [0.4, 0.5) is 0 Å². The lowest BCUT2D eigenvalue weighted by Crippen LogP contribution is -2.47. The Morgan fingerprint density at radius 2 is 1.75 bits per heavy atom. The predicted molar refractivity (Wildman–Crippen MR) is 88.4 cm³/mol. The molecule has 1 aromatic carbocycles. The molecule has 112 valence electrons. The molecule has 0 saturated heterocycles. The molecule has 2 rings (SSSR count). The number of benzene rings is 1. The molecule has 1 N–H and O–H groups in total. The van der Waals surface area contributed by atoms with Crippen LogP contribution in [-0.4, -0.2) is 13.6 Å². The first kappa shape index (κ1) is 15.6. The number of likely N-dealkylation sites (N-methyl/N-ethyl adjacent to an activating group) is 1. The van der Waals surface area contributed by atoms with E-state index in [4.69, 9.17) is 0 Å². The molecule has 1 fully saturated rings. The first-order valence-corrected chi connectivity index (χ1v) is 8.17. The normalized spacial score (nSPS) is 26.4. The quantitative estimate of drug-likeness (QED) is 0.823. The topological polar surface area (TPSA) is 12.0 Å². The summed E-state index contributed by atoms with van der Waals surface area (Å²) >= 11 is 0. The van der Waals surface area contributed by atoms with E-state index < -0.39 is 0 Å². The lowest BCUT2D eigenvalue weighted by atomic mass is 9.57. The third kappa shape index (κ3) is 3.09. The summed E-state index contributed by atoms with van der Waals surface area (Å²) in [5.41, 5.74) is 3.61. The summed E-state index contributed by atoms with van der Waals surface area (Å²) in [4.78, 5) is 0. The van der Waals surface area contributed by atoms with Crippen LogP contribution in [0.5, 0.6) is 0 Å². The highest BCUT2D eigenvalue weighted by Crippen LogP contribution is 2.49. The van der Waals surface area contributed by atoms with Crippen molar-refractivity contribution in [2.45, 2.75) is 64.2 Å². The van der Waals surface area contributed by atoms with Gasteiger partial charge in [-0.1, -0.05) is 64.8 Å². The first-order chi connectivity index (χ1) is 9.41. The van der Waals surface area contributed by atoms with Gasteiger partial charge in [0.25, 0.3) is 0 Å². The van der Waals surface area contributed by atoms with Gasteiger partial charge < -0.3 is 5.32 Å². The number of nitrogens with one attached hydrogen (secondary N) is 1. The number of hydrogen-bond donors (Lipinski definition) is 1. The predicted octanol–water partition coefficient (Wildman–Crippen LogP) is 4.65. The zero-order valence-electron chi connectivity index (χ0n) is 13.9. The monoisotopic (exact) mass is 273 g/mol. The van der Waals surface area contributed by atoms with Gasteiger partial charge in [-0.15, -0.1) is 0 Å². The summed E-state index contributed by atoms with van der Waals surface area (Å²) < 4.78 is 0. The van der Waals surface area contributed by atoms with Crippen LogP contribution in [0.1, 0.15) is 64.5 Å². The van der Waals surface area contributed by atoms with Crippen molar-refractivity contribution in [1.29, 1.82) is 0 Å². The average Bonchev–Trinajstić information content (AvgIpc) is 2.35. The molecule has 0 aromatic heterocycles. The van der Waals surface area contributed by atoms with Crippen molar-refractivity contribution in [2.24, 2.45) is 5.92 Å². The fraction of sp³-hybridized carbons (Fsp3) is 0.684. The maximum Gasteiger partial charge on any atom is 0.00829 e. The molecular weight excluding hydrogens is 242 g/mol. The van der Waals surface area contributed by atoms with E-state index in [1.165, 1.54) is 36.8 Å². The molecule has 0 aliphatic heterocycles. The summed E-state index contributed by atoms with van der Waals surface area (Å²) in [5, 5.41) is 3.42. The van der Waals surface area contributed by atoms with E-state index in [1.54, 1.807) is 0 Å². The molecule has 1 aliphatic rings. The fourth-order valence-corrected chi connectivity index (χ4v) is 3.80. The van der Waals surface area contributed by atoms with E-state index in [1.807, 2.05) is 0 Å². The Hall–Kier alpha value is -0.820. The van der Waals surface area contributed by atoms with Gasteiger partial charge in [0, 0.05) is 12.0 Å². The number of rotatable bonds is 5. The molecule has 0 unspecified atom stereocenters. The first-order valence-electron chi connectivity index (χ1n) is 8.17. The molecule has 0 spiro atoms. The Bertz CT molecular complexity index is 418. The van der Waals surface area contributed by atoms with Crippen molar-refractivity contribution in [3.05, 3.63) is 35.4 Å². The molecule has 1 aromatic rings. The van der Waals surface area contributed by atoms with Gasteiger partial charge in [-0.25, -0.2) is 0 Å².